The molecule has 1 unspecified atom stereocenters. The van der Waals surface area contributed by atoms with Crippen molar-refractivity contribution in [3.8, 4) is 5.75 Å². The third-order valence-corrected chi connectivity index (χ3v) is 7.48. The highest BCUT2D eigenvalue weighted by atomic mass is 127. The molecule has 2 aromatic rings. The highest BCUT2D eigenvalue weighted by molar-refractivity contribution is 14.1. The van der Waals surface area contributed by atoms with Gasteiger partial charge in [-0.05, 0) is 59.2 Å². The third-order valence-electron chi connectivity index (χ3n) is 5.34. The molecular weight excluding hydrogens is 457 g/mol. The zero-order valence-electron chi connectivity index (χ0n) is 15.6. The fraction of sp³-hybridized carbons (Fsp3) is 0.381. The van der Waals surface area contributed by atoms with Crippen LogP contribution in [0.15, 0.2) is 47.4 Å². The van der Waals surface area contributed by atoms with E-state index in [-0.39, 0.29) is 11.8 Å². The number of ether oxygens (including phenoxy) is 1. The van der Waals surface area contributed by atoms with Crippen LogP contribution in [0, 0.1) is 14.9 Å². The van der Waals surface area contributed by atoms with Gasteiger partial charge in [0.15, 0.2) is 0 Å². The fourth-order valence-corrected chi connectivity index (χ4v) is 5.71. The summed E-state index contributed by atoms with van der Waals surface area (Å²) in [5, 5.41) is 0. The number of para-hydroxylation sites is 1. The van der Waals surface area contributed by atoms with Gasteiger partial charge in [-0.25, -0.2) is 0 Å². The van der Waals surface area contributed by atoms with Gasteiger partial charge in [-0.2, -0.15) is 0 Å². The lowest BCUT2D eigenvalue weighted by Gasteiger charge is -2.37. The zero-order valence-corrected chi connectivity index (χ0v) is 18.6. The molecule has 3 rings (SSSR count). The van der Waals surface area contributed by atoms with Gasteiger partial charge in [0.25, 0.3) is 0 Å². The molecule has 1 aliphatic rings. The van der Waals surface area contributed by atoms with E-state index in [1.165, 1.54) is 0 Å². The van der Waals surface area contributed by atoms with Crippen LogP contribution in [0.2, 0.25) is 0 Å². The Morgan fingerprint density at radius 1 is 1.27 bits per heavy atom. The van der Waals surface area contributed by atoms with E-state index in [9.17, 15) is 4.79 Å². The molecule has 0 fully saturated rings. The molecule has 1 atom stereocenters. The van der Waals surface area contributed by atoms with Crippen molar-refractivity contribution in [2.45, 2.75) is 32.1 Å². The Morgan fingerprint density at radius 3 is 2.54 bits per heavy atom. The van der Waals surface area contributed by atoms with Crippen LogP contribution < -0.4 is 9.64 Å². The molecule has 3 nitrogen and oxygen atoms in total. The van der Waals surface area contributed by atoms with Crippen molar-refractivity contribution < 1.29 is 9.53 Å². The number of rotatable bonds is 4. The Bertz CT molecular complexity index is 809. The number of amides is 1. The minimum atomic E-state index is -0.391. The Hall–Kier alpha value is -1.21. The van der Waals surface area contributed by atoms with Gasteiger partial charge in [-0.15, -0.1) is 11.8 Å². The maximum Gasteiger partial charge on any atom is 0.238 e. The first-order chi connectivity index (χ1) is 12.4. The summed E-state index contributed by atoms with van der Waals surface area (Å²) in [6, 6.07) is 14.1. The van der Waals surface area contributed by atoms with E-state index in [4.69, 9.17) is 4.74 Å². The van der Waals surface area contributed by atoms with E-state index < -0.39 is 5.41 Å². The lowest BCUT2D eigenvalue weighted by Crippen LogP contribution is -2.45. The summed E-state index contributed by atoms with van der Waals surface area (Å²) in [5.41, 5.74) is 1.48. The molecule has 0 saturated carbocycles. The third kappa shape index (κ3) is 3.24. The van der Waals surface area contributed by atoms with Gasteiger partial charge in [0.05, 0.1) is 21.8 Å². The second-order valence-electron chi connectivity index (χ2n) is 6.88. The molecule has 1 aliphatic heterocycles. The van der Waals surface area contributed by atoms with Crippen molar-refractivity contribution in [2.24, 2.45) is 11.3 Å². The highest BCUT2D eigenvalue weighted by Crippen LogP contribution is 2.49. The largest absolute Gasteiger partial charge is 0.496 e. The van der Waals surface area contributed by atoms with E-state index in [1.54, 1.807) is 18.9 Å². The second kappa shape index (κ2) is 7.80. The van der Waals surface area contributed by atoms with E-state index in [0.717, 1.165) is 37.8 Å². The summed E-state index contributed by atoms with van der Waals surface area (Å²) in [6.07, 6.45) is 0.821. The van der Waals surface area contributed by atoms with E-state index in [0.29, 0.717) is 0 Å². The molecule has 5 heteroatoms. The molecular formula is C21H24INO2S. The summed E-state index contributed by atoms with van der Waals surface area (Å²) in [6.45, 7) is 6.44. The highest BCUT2D eigenvalue weighted by Gasteiger charge is 2.46. The number of halogens is 1. The van der Waals surface area contributed by atoms with Crippen LogP contribution in [-0.2, 0) is 4.79 Å². The van der Waals surface area contributed by atoms with Gasteiger partial charge in [-0.1, -0.05) is 39.0 Å². The first kappa shape index (κ1) is 19.5. The predicted octanol–water partition coefficient (Wildman–Crippen LogP) is 6.12. The number of methoxy groups -OCH3 is 1. The molecule has 2 aromatic carbocycles. The van der Waals surface area contributed by atoms with Crippen LogP contribution >= 0.6 is 34.4 Å². The maximum atomic E-state index is 13.8. The topological polar surface area (TPSA) is 29.5 Å². The van der Waals surface area contributed by atoms with Gasteiger partial charge in [0.2, 0.25) is 5.91 Å². The number of carbonyl (C=O) groups is 1. The zero-order chi connectivity index (χ0) is 18.9. The Labute approximate surface area is 173 Å². The average Bonchev–Trinajstić information content (AvgIpc) is 2.76. The lowest BCUT2D eigenvalue weighted by molar-refractivity contribution is -0.128. The second-order valence-corrected chi connectivity index (χ2v) is 9.06. The van der Waals surface area contributed by atoms with Gasteiger partial charge in [0, 0.05) is 16.3 Å². The number of carbonyl (C=O) groups excluding carboxylic acids is 1. The molecule has 26 heavy (non-hydrogen) atoms. The van der Waals surface area contributed by atoms with Gasteiger partial charge in [0.1, 0.15) is 5.75 Å². The molecule has 138 valence electrons. The summed E-state index contributed by atoms with van der Waals surface area (Å²) < 4.78 is 6.53. The van der Waals surface area contributed by atoms with Gasteiger partial charge >= 0.3 is 0 Å². The Balaban J connectivity index is 2.25. The minimum absolute atomic E-state index is 0.188. The summed E-state index contributed by atoms with van der Waals surface area (Å²) in [4.78, 5) is 16.9. The van der Waals surface area contributed by atoms with Crippen molar-refractivity contribution in [2.75, 3.05) is 17.8 Å². The Morgan fingerprint density at radius 2 is 1.96 bits per heavy atom. The molecule has 0 spiro atoms. The summed E-state index contributed by atoms with van der Waals surface area (Å²) in [5.74, 6) is 2.08. The van der Waals surface area contributed by atoms with Crippen LogP contribution in [0.3, 0.4) is 0 Å². The maximum absolute atomic E-state index is 13.8. The number of benzene rings is 2. The fourth-order valence-electron chi connectivity index (χ4n) is 3.48. The van der Waals surface area contributed by atoms with Crippen LogP contribution in [-0.4, -0.2) is 18.8 Å². The average molecular weight is 481 g/mol. The predicted molar refractivity (Wildman–Crippen MR) is 118 cm³/mol. The van der Waals surface area contributed by atoms with Gasteiger partial charge < -0.3 is 4.74 Å². The smallest absolute Gasteiger partial charge is 0.238 e. The SMILES string of the molecule is CCC1(C(C)C)CSc2cc(OC)c(I)cc2N(c2ccccc2)C1=O. The number of hydrogen-bond acceptors (Lipinski definition) is 3. The van der Waals surface area contributed by atoms with Crippen molar-refractivity contribution in [3.63, 3.8) is 0 Å². The number of fused-ring (bicyclic) bond motifs is 1. The quantitative estimate of drug-likeness (QED) is 0.493. The first-order valence-electron chi connectivity index (χ1n) is 8.84. The number of nitrogens with zero attached hydrogens (tertiary/aromatic N) is 1. The van der Waals surface area contributed by atoms with Crippen LogP contribution in [0.5, 0.6) is 5.75 Å². The van der Waals surface area contributed by atoms with E-state index in [1.807, 2.05) is 35.2 Å². The van der Waals surface area contributed by atoms with E-state index >= 15 is 0 Å². The molecule has 0 N–H and O–H groups in total. The van der Waals surface area contributed by atoms with Gasteiger partial charge in [-0.3, -0.25) is 9.69 Å². The van der Waals surface area contributed by atoms with Crippen LogP contribution in [0.4, 0.5) is 11.4 Å². The summed E-state index contributed by atoms with van der Waals surface area (Å²) in [7, 11) is 1.69. The standard InChI is InChI=1S/C21H24INO2S/c1-5-21(14(2)3)13-26-19-12-18(25-4)16(22)11-17(19)23(20(21)24)15-9-7-6-8-10-15/h6-12,14H,5,13H2,1-4H3. The molecule has 0 saturated heterocycles. The molecule has 0 bridgehead atoms. The summed E-state index contributed by atoms with van der Waals surface area (Å²) >= 11 is 4.04. The van der Waals surface area contributed by atoms with Crippen molar-refractivity contribution >= 4 is 51.6 Å². The molecule has 0 aromatic heterocycles. The number of anilines is 2. The van der Waals surface area contributed by atoms with Crippen LogP contribution in [0.1, 0.15) is 27.2 Å². The minimum Gasteiger partial charge on any atom is -0.496 e. The lowest BCUT2D eigenvalue weighted by atomic mass is 9.75. The van der Waals surface area contributed by atoms with Crippen molar-refractivity contribution in [3.05, 3.63) is 46.0 Å². The molecule has 0 radical (unpaired) electrons. The van der Waals surface area contributed by atoms with E-state index in [2.05, 4.69) is 55.5 Å². The monoisotopic (exact) mass is 481 g/mol. The first-order valence-corrected chi connectivity index (χ1v) is 10.9. The normalized spacial score (nSPS) is 20.1. The molecule has 0 aliphatic carbocycles. The molecule has 1 heterocycles. The number of hydrogen-bond donors (Lipinski definition) is 0. The molecule has 1 amide bonds. The van der Waals surface area contributed by atoms with Crippen molar-refractivity contribution in [1.82, 2.24) is 0 Å². The Kier molecular flexibility index (Phi) is 5.87. The van der Waals surface area contributed by atoms with Crippen molar-refractivity contribution in [1.29, 1.82) is 0 Å². The number of thioether (sulfide) groups is 1. The van der Waals surface area contributed by atoms with Crippen LogP contribution in [0.25, 0.3) is 0 Å².